The molecule has 1 unspecified atom stereocenters. The van der Waals surface area contributed by atoms with Crippen molar-refractivity contribution in [2.45, 2.75) is 32.9 Å². The number of halogens is 1. The summed E-state index contributed by atoms with van der Waals surface area (Å²) >= 11 is 6.10. The van der Waals surface area contributed by atoms with Gasteiger partial charge in [0.05, 0.1) is 34.6 Å². The molecule has 0 bridgehead atoms. The van der Waals surface area contributed by atoms with Crippen molar-refractivity contribution >= 4 is 17.3 Å². The molecule has 104 valence electrons. The van der Waals surface area contributed by atoms with Crippen LogP contribution >= 0.6 is 11.6 Å². The van der Waals surface area contributed by atoms with Gasteiger partial charge >= 0.3 is 0 Å². The Hall–Kier alpha value is -1.99. The summed E-state index contributed by atoms with van der Waals surface area (Å²) in [6, 6.07) is 9.65. The van der Waals surface area contributed by atoms with E-state index in [4.69, 9.17) is 16.9 Å². The quantitative estimate of drug-likeness (QED) is 0.905. The molecule has 0 saturated heterocycles. The molecule has 4 nitrogen and oxygen atoms in total. The summed E-state index contributed by atoms with van der Waals surface area (Å²) < 4.78 is 1.96. The van der Waals surface area contributed by atoms with Gasteiger partial charge in [-0.15, -0.1) is 0 Å². The van der Waals surface area contributed by atoms with Crippen molar-refractivity contribution in [3.8, 4) is 6.07 Å². The van der Waals surface area contributed by atoms with Gasteiger partial charge in [-0.1, -0.05) is 18.5 Å². The van der Waals surface area contributed by atoms with Crippen molar-refractivity contribution in [2.24, 2.45) is 0 Å². The van der Waals surface area contributed by atoms with Gasteiger partial charge in [0.25, 0.3) is 0 Å². The number of benzene rings is 1. The average Bonchev–Trinajstić information content (AvgIpc) is 2.94. The van der Waals surface area contributed by atoms with Gasteiger partial charge in [-0.3, -0.25) is 4.68 Å². The van der Waals surface area contributed by atoms with Crippen LogP contribution in [0.15, 0.2) is 30.5 Å². The summed E-state index contributed by atoms with van der Waals surface area (Å²) in [7, 11) is 0. The molecule has 0 aliphatic heterocycles. The second kappa shape index (κ2) is 6.44. The van der Waals surface area contributed by atoms with E-state index in [0.717, 1.165) is 17.8 Å². The Morgan fingerprint density at radius 1 is 1.45 bits per heavy atom. The Balaban J connectivity index is 2.05. The standard InChI is InChI=1S/C15H17ClN4/c1-3-11(2)20-7-6-13(19-20)10-18-15-8-12(9-17)4-5-14(15)16/h4-8,11,18H,3,10H2,1-2H3. The molecular formula is C15H17ClN4. The summed E-state index contributed by atoms with van der Waals surface area (Å²) in [6.07, 6.45) is 3.03. The average molecular weight is 289 g/mol. The van der Waals surface area contributed by atoms with Crippen LogP contribution in [0.4, 0.5) is 5.69 Å². The smallest absolute Gasteiger partial charge is 0.0992 e. The Labute approximate surface area is 124 Å². The minimum atomic E-state index is 0.397. The monoisotopic (exact) mass is 288 g/mol. The van der Waals surface area contributed by atoms with Gasteiger partial charge in [-0.2, -0.15) is 10.4 Å². The first-order valence-electron chi connectivity index (χ1n) is 6.61. The third kappa shape index (κ3) is 3.31. The Bertz CT molecular complexity index is 627. The molecule has 0 radical (unpaired) electrons. The first kappa shape index (κ1) is 14.4. The summed E-state index contributed by atoms with van der Waals surface area (Å²) in [5.41, 5.74) is 2.29. The number of aromatic nitrogens is 2. The molecule has 2 aromatic rings. The first-order valence-corrected chi connectivity index (χ1v) is 6.99. The van der Waals surface area contributed by atoms with Crippen LogP contribution in [0, 0.1) is 11.3 Å². The van der Waals surface area contributed by atoms with Crippen LogP contribution in [0.1, 0.15) is 37.6 Å². The van der Waals surface area contributed by atoms with Crippen molar-refractivity contribution in [3.05, 3.63) is 46.7 Å². The van der Waals surface area contributed by atoms with Crippen molar-refractivity contribution in [1.29, 1.82) is 5.26 Å². The van der Waals surface area contributed by atoms with Crippen LogP contribution < -0.4 is 5.32 Å². The maximum atomic E-state index is 8.89. The molecular weight excluding hydrogens is 272 g/mol. The topological polar surface area (TPSA) is 53.6 Å². The summed E-state index contributed by atoms with van der Waals surface area (Å²) in [5, 5.41) is 17.2. The fraction of sp³-hybridized carbons (Fsp3) is 0.333. The van der Waals surface area contributed by atoms with Crippen LogP contribution in [0.3, 0.4) is 0 Å². The lowest BCUT2D eigenvalue weighted by atomic mass is 10.2. The van der Waals surface area contributed by atoms with Gasteiger partial charge in [-0.05, 0) is 37.6 Å². The van der Waals surface area contributed by atoms with E-state index in [1.165, 1.54) is 0 Å². The van der Waals surface area contributed by atoms with Crippen LogP contribution in [0.2, 0.25) is 5.02 Å². The lowest BCUT2D eigenvalue weighted by Crippen LogP contribution is -2.06. The molecule has 0 saturated carbocycles. The van der Waals surface area contributed by atoms with Crippen molar-refractivity contribution in [2.75, 3.05) is 5.32 Å². The van der Waals surface area contributed by atoms with Gasteiger partial charge in [0, 0.05) is 12.2 Å². The number of nitriles is 1. The van der Waals surface area contributed by atoms with E-state index in [9.17, 15) is 0 Å². The number of hydrogen-bond acceptors (Lipinski definition) is 3. The Morgan fingerprint density at radius 2 is 2.25 bits per heavy atom. The van der Waals surface area contributed by atoms with E-state index in [1.807, 2.05) is 16.9 Å². The molecule has 2 rings (SSSR count). The van der Waals surface area contributed by atoms with E-state index >= 15 is 0 Å². The van der Waals surface area contributed by atoms with E-state index < -0.39 is 0 Å². The van der Waals surface area contributed by atoms with Gasteiger partial charge in [0.15, 0.2) is 0 Å². The number of rotatable bonds is 5. The molecule has 1 aromatic carbocycles. The lowest BCUT2D eigenvalue weighted by molar-refractivity contribution is 0.474. The third-order valence-electron chi connectivity index (χ3n) is 3.26. The fourth-order valence-corrected chi connectivity index (χ4v) is 2.00. The van der Waals surface area contributed by atoms with Crippen LogP contribution in [0.5, 0.6) is 0 Å². The summed E-state index contributed by atoms with van der Waals surface area (Å²) in [5.74, 6) is 0. The van der Waals surface area contributed by atoms with Gasteiger partial charge in [0.2, 0.25) is 0 Å². The van der Waals surface area contributed by atoms with Crippen molar-refractivity contribution in [1.82, 2.24) is 9.78 Å². The predicted octanol–water partition coefficient (Wildman–Crippen LogP) is 3.99. The molecule has 1 N–H and O–H groups in total. The maximum Gasteiger partial charge on any atom is 0.0992 e. The minimum absolute atomic E-state index is 0.397. The molecule has 0 fully saturated rings. The predicted molar refractivity (Wildman–Crippen MR) is 80.7 cm³/mol. The minimum Gasteiger partial charge on any atom is -0.378 e. The van der Waals surface area contributed by atoms with Crippen LogP contribution in [0.25, 0.3) is 0 Å². The van der Waals surface area contributed by atoms with Gasteiger partial charge in [-0.25, -0.2) is 0 Å². The van der Waals surface area contributed by atoms with Gasteiger partial charge < -0.3 is 5.32 Å². The largest absolute Gasteiger partial charge is 0.378 e. The zero-order chi connectivity index (χ0) is 14.5. The SMILES string of the molecule is CCC(C)n1ccc(CNc2cc(C#N)ccc2Cl)n1. The van der Waals surface area contributed by atoms with E-state index in [0.29, 0.717) is 23.2 Å². The first-order chi connectivity index (χ1) is 9.63. The van der Waals surface area contributed by atoms with Crippen LogP contribution in [-0.2, 0) is 6.54 Å². The van der Waals surface area contributed by atoms with E-state index in [-0.39, 0.29) is 0 Å². The highest BCUT2D eigenvalue weighted by Crippen LogP contribution is 2.23. The molecule has 1 heterocycles. The summed E-state index contributed by atoms with van der Waals surface area (Å²) in [4.78, 5) is 0. The fourth-order valence-electron chi connectivity index (χ4n) is 1.82. The Morgan fingerprint density at radius 3 is 2.95 bits per heavy atom. The number of nitrogens with one attached hydrogen (secondary N) is 1. The molecule has 0 amide bonds. The highest BCUT2D eigenvalue weighted by Gasteiger charge is 2.06. The normalized spacial score (nSPS) is 11.9. The summed E-state index contributed by atoms with van der Waals surface area (Å²) in [6.45, 7) is 4.85. The highest BCUT2D eigenvalue weighted by molar-refractivity contribution is 6.33. The molecule has 0 aliphatic carbocycles. The zero-order valence-electron chi connectivity index (χ0n) is 11.6. The molecule has 20 heavy (non-hydrogen) atoms. The third-order valence-corrected chi connectivity index (χ3v) is 3.59. The zero-order valence-corrected chi connectivity index (χ0v) is 12.4. The Kier molecular flexibility index (Phi) is 4.65. The molecule has 0 aliphatic rings. The van der Waals surface area contributed by atoms with Gasteiger partial charge in [0.1, 0.15) is 0 Å². The second-order valence-corrected chi connectivity index (χ2v) is 5.11. The molecule has 1 aromatic heterocycles. The second-order valence-electron chi connectivity index (χ2n) is 4.70. The van der Waals surface area contributed by atoms with Crippen LogP contribution in [-0.4, -0.2) is 9.78 Å². The lowest BCUT2D eigenvalue weighted by Gasteiger charge is -2.09. The number of hydrogen-bond donors (Lipinski definition) is 1. The molecule has 0 spiro atoms. The molecule has 1 atom stereocenters. The number of nitrogens with zero attached hydrogens (tertiary/aromatic N) is 3. The number of anilines is 1. The maximum absolute atomic E-state index is 8.89. The van der Waals surface area contributed by atoms with Crippen molar-refractivity contribution in [3.63, 3.8) is 0 Å². The van der Waals surface area contributed by atoms with Crippen molar-refractivity contribution < 1.29 is 0 Å². The molecule has 5 heteroatoms. The highest BCUT2D eigenvalue weighted by atomic mass is 35.5. The van der Waals surface area contributed by atoms with E-state index in [1.54, 1.807) is 18.2 Å². The van der Waals surface area contributed by atoms with E-state index in [2.05, 4.69) is 30.3 Å².